The van der Waals surface area contributed by atoms with E-state index >= 15 is 0 Å². The van der Waals surface area contributed by atoms with E-state index in [1.165, 1.54) is 36.1 Å². The molecule has 2 aliphatic heterocycles. The molecule has 0 atom stereocenters. The summed E-state index contributed by atoms with van der Waals surface area (Å²) in [7, 11) is 0. The molecule has 0 aliphatic carbocycles. The molecule has 0 aromatic heterocycles. The first-order valence-electron chi connectivity index (χ1n) is 4.50. The Morgan fingerprint density at radius 1 is 1.42 bits per heavy atom. The lowest BCUT2D eigenvalue weighted by Crippen LogP contribution is -2.29. The minimum absolute atomic E-state index is 0.829. The van der Waals surface area contributed by atoms with Crippen molar-refractivity contribution in [2.75, 3.05) is 25.4 Å². The van der Waals surface area contributed by atoms with Crippen molar-refractivity contribution in [3.8, 4) is 0 Å². The summed E-state index contributed by atoms with van der Waals surface area (Å²) in [4.78, 5) is 4.45. The highest BCUT2D eigenvalue weighted by atomic mass is 32.2. The topological polar surface area (TPSA) is 24.4 Å². The van der Waals surface area contributed by atoms with Crippen molar-refractivity contribution < 1.29 is 0 Å². The molecule has 2 aliphatic rings. The largest absolute Gasteiger partial charge is 0.317 e. The number of piperidine rings is 1. The molecule has 0 spiro atoms. The smallest absolute Gasteiger partial charge is 0.124 e. The summed E-state index contributed by atoms with van der Waals surface area (Å²) in [6.07, 6.45) is 2.62. The lowest BCUT2D eigenvalue weighted by atomic mass is 10.2. The minimum atomic E-state index is 0.829. The van der Waals surface area contributed by atoms with E-state index in [1.807, 2.05) is 23.5 Å². The average Bonchev–Trinajstić information content (AvgIpc) is 2.59. The third-order valence-corrected chi connectivity index (χ3v) is 4.65. The van der Waals surface area contributed by atoms with Gasteiger partial charge in [0.25, 0.3) is 0 Å². The van der Waals surface area contributed by atoms with Crippen molar-refractivity contribution in [1.82, 2.24) is 5.32 Å². The van der Waals surface area contributed by atoms with E-state index in [4.69, 9.17) is 0 Å². The first-order chi connectivity index (χ1) is 5.95. The van der Waals surface area contributed by atoms with Gasteiger partial charge in [0.15, 0.2) is 0 Å². The van der Waals surface area contributed by atoms with E-state index < -0.39 is 0 Å². The van der Waals surface area contributed by atoms with Crippen LogP contribution in [0.5, 0.6) is 0 Å². The molecule has 1 N–H and O–H groups in total. The summed E-state index contributed by atoms with van der Waals surface area (Å²) < 4.78 is 1.34. The fourth-order valence-electron chi connectivity index (χ4n) is 1.44. The zero-order valence-electron chi connectivity index (χ0n) is 7.08. The molecule has 0 radical (unpaired) electrons. The molecule has 68 valence electrons. The monoisotopic (exact) mass is 202 g/mol. The Morgan fingerprint density at radius 3 is 2.92 bits per heavy atom. The van der Waals surface area contributed by atoms with Crippen molar-refractivity contribution in [2.24, 2.45) is 4.99 Å². The Bertz CT molecular complexity index is 176. The van der Waals surface area contributed by atoms with Crippen molar-refractivity contribution in [1.29, 1.82) is 0 Å². The lowest BCUT2D eigenvalue weighted by molar-refractivity contribution is 0.533. The van der Waals surface area contributed by atoms with Crippen molar-refractivity contribution in [2.45, 2.75) is 18.1 Å². The normalized spacial score (nSPS) is 25.8. The van der Waals surface area contributed by atoms with Gasteiger partial charge in [-0.2, -0.15) is 0 Å². The van der Waals surface area contributed by atoms with Crippen LogP contribution in [-0.4, -0.2) is 35.0 Å². The van der Waals surface area contributed by atoms with Gasteiger partial charge in [-0.1, -0.05) is 23.5 Å². The number of hydrogen-bond donors (Lipinski definition) is 1. The molecule has 2 rings (SSSR count). The fourth-order valence-corrected chi connectivity index (χ4v) is 3.84. The van der Waals surface area contributed by atoms with Crippen molar-refractivity contribution in [3.63, 3.8) is 0 Å². The number of nitrogens with one attached hydrogen (secondary N) is 1. The van der Waals surface area contributed by atoms with Crippen LogP contribution in [0, 0.1) is 0 Å². The maximum absolute atomic E-state index is 4.45. The SMILES string of the molecule is C1CSC(SC2CCNCC2)=N1. The van der Waals surface area contributed by atoms with E-state index in [1.54, 1.807) is 0 Å². The Morgan fingerprint density at radius 2 is 2.25 bits per heavy atom. The molecule has 0 aromatic rings. The first-order valence-corrected chi connectivity index (χ1v) is 6.36. The van der Waals surface area contributed by atoms with Crippen LogP contribution in [0.4, 0.5) is 0 Å². The molecule has 2 nitrogen and oxygen atoms in total. The summed E-state index contributed by atoms with van der Waals surface area (Å²) in [5.41, 5.74) is 0. The van der Waals surface area contributed by atoms with Gasteiger partial charge in [0.1, 0.15) is 4.38 Å². The van der Waals surface area contributed by atoms with Gasteiger partial charge < -0.3 is 5.32 Å². The number of hydrogen-bond acceptors (Lipinski definition) is 4. The van der Waals surface area contributed by atoms with Crippen LogP contribution in [-0.2, 0) is 0 Å². The van der Waals surface area contributed by atoms with E-state index in [2.05, 4.69) is 10.3 Å². The predicted molar refractivity (Wildman–Crippen MR) is 58.2 cm³/mol. The van der Waals surface area contributed by atoms with Crippen LogP contribution in [0.1, 0.15) is 12.8 Å². The highest BCUT2D eigenvalue weighted by Crippen LogP contribution is 2.29. The van der Waals surface area contributed by atoms with Crippen LogP contribution in [0.15, 0.2) is 4.99 Å². The van der Waals surface area contributed by atoms with E-state index in [-0.39, 0.29) is 0 Å². The Kier molecular flexibility index (Phi) is 3.37. The zero-order chi connectivity index (χ0) is 8.23. The van der Waals surface area contributed by atoms with Crippen LogP contribution >= 0.6 is 23.5 Å². The maximum Gasteiger partial charge on any atom is 0.124 e. The average molecular weight is 202 g/mol. The first kappa shape index (κ1) is 8.91. The van der Waals surface area contributed by atoms with Crippen molar-refractivity contribution >= 4 is 27.9 Å². The second-order valence-electron chi connectivity index (χ2n) is 3.06. The molecule has 1 saturated heterocycles. The molecule has 0 bridgehead atoms. The van der Waals surface area contributed by atoms with E-state index in [0.717, 1.165) is 11.8 Å². The molecule has 12 heavy (non-hydrogen) atoms. The molecule has 2 heterocycles. The predicted octanol–water partition coefficient (Wildman–Crippen LogP) is 1.57. The maximum atomic E-state index is 4.45. The third-order valence-electron chi connectivity index (χ3n) is 2.11. The fraction of sp³-hybridized carbons (Fsp3) is 0.875. The summed E-state index contributed by atoms with van der Waals surface area (Å²) in [6, 6.07) is 0. The van der Waals surface area contributed by atoms with Crippen LogP contribution < -0.4 is 5.32 Å². The molecule has 0 aromatic carbocycles. The Hall–Kier alpha value is 0.330. The number of thioether (sulfide) groups is 2. The summed E-state index contributed by atoms with van der Waals surface area (Å²) >= 11 is 3.93. The molecule has 1 fully saturated rings. The summed E-state index contributed by atoms with van der Waals surface area (Å²) in [5, 5.41) is 4.21. The quantitative estimate of drug-likeness (QED) is 0.698. The van der Waals surface area contributed by atoms with Gasteiger partial charge in [0, 0.05) is 11.0 Å². The van der Waals surface area contributed by atoms with Gasteiger partial charge in [-0.25, -0.2) is 0 Å². The minimum Gasteiger partial charge on any atom is -0.317 e. The van der Waals surface area contributed by atoms with Crippen LogP contribution in [0.3, 0.4) is 0 Å². The van der Waals surface area contributed by atoms with Gasteiger partial charge in [-0.15, -0.1) is 0 Å². The van der Waals surface area contributed by atoms with Crippen molar-refractivity contribution in [3.05, 3.63) is 0 Å². The van der Waals surface area contributed by atoms with Gasteiger partial charge in [-0.05, 0) is 25.9 Å². The molecule has 0 saturated carbocycles. The highest BCUT2D eigenvalue weighted by Gasteiger charge is 2.17. The Balaban J connectivity index is 1.77. The molecule has 0 unspecified atom stereocenters. The number of nitrogens with zero attached hydrogens (tertiary/aromatic N) is 1. The third kappa shape index (κ3) is 2.41. The number of aliphatic imine (C=N–C) groups is 1. The second-order valence-corrected chi connectivity index (χ2v) is 5.69. The zero-order valence-corrected chi connectivity index (χ0v) is 8.72. The van der Waals surface area contributed by atoms with Gasteiger partial charge in [0.2, 0.25) is 0 Å². The number of rotatable bonds is 1. The highest BCUT2D eigenvalue weighted by molar-refractivity contribution is 8.39. The molecule has 0 amide bonds. The van der Waals surface area contributed by atoms with Crippen LogP contribution in [0.25, 0.3) is 0 Å². The molecular formula is C8H14N2S2. The van der Waals surface area contributed by atoms with Gasteiger partial charge >= 0.3 is 0 Å². The van der Waals surface area contributed by atoms with Crippen LogP contribution in [0.2, 0.25) is 0 Å². The second kappa shape index (κ2) is 4.53. The molecular weight excluding hydrogens is 188 g/mol. The lowest BCUT2D eigenvalue weighted by Gasteiger charge is -2.21. The van der Waals surface area contributed by atoms with E-state index in [0.29, 0.717) is 0 Å². The van der Waals surface area contributed by atoms with Gasteiger partial charge in [-0.3, -0.25) is 4.99 Å². The van der Waals surface area contributed by atoms with E-state index in [9.17, 15) is 0 Å². The standard InChI is InChI=1S/C8H14N2S2/c1-3-9-4-2-7(1)12-8-10-5-6-11-8/h7,9H,1-6H2. The molecule has 4 heteroatoms. The summed E-state index contributed by atoms with van der Waals surface area (Å²) in [5.74, 6) is 1.20. The summed E-state index contributed by atoms with van der Waals surface area (Å²) in [6.45, 7) is 3.42. The van der Waals surface area contributed by atoms with Gasteiger partial charge in [0.05, 0.1) is 6.54 Å². The Labute approximate surface area is 82.0 Å².